The minimum Gasteiger partial charge on any atom is -0.348 e. The first-order valence-corrected chi connectivity index (χ1v) is 8.57. The Balaban J connectivity index is 1.50. The van der Waals surface area contributed by atoms with Crippen LogP contribution in [0.4, 0.5) is 0 Å². The van der Waals surface area contributed by atoms with Gasteiger partial charge >= 0.3 is 0 Å². The maximum atomic E-state index is 12.2. The van der Waals surface area contributed by atoms with Crippen LogP contribution in [0.1, 0.15) is 48.0 Å². The van der Waals surface area contributed by atoms with Gasteiger partial charge in [0, 0.05) is 12.1 Å². The molecule has 1 saturated heterocycles. The molecule has 1 fully saturated rings. The van der Waals surface area contributed by atoms with Crippen LogP contribution in [0.25, 0.3) is 0 Å². The van der Waals surface area contributed by atoms with Gasteiger partial charge in [0.2, 0.25) is 0 Å². The van der Waals surface area contributed by atoms with Gasteiger partial charge in [-0.25, -0.2) is 0 Å². The molecule has 1 aliphatic carbocycles. The Bertz CT molecular complexity index is 527. The number of nitrogens with one attached hydrogen (secondary N) is 2. The minimum absolute atomic E-state index is 0.0422. The summed E-state index contributed by atoms with van der Waals surface area (Å²) in [5, 5.41) is 6.44. The number of hydrogen-bond donors (Lipinski definition) is 2. The predicted molar refractivity (Wildman–Crippen MR) is 90.0 cm³/mol. The predicted octanol–water partition coefficient (Wildman–Crippen LogP) is 3.07. The molecule has 3 heteroatoms. The van der Waals surface area contributed by atoms with Crippen molar-refractivity contribution in [1.29, 1.82) is 0 Å². The van der Waals surface area contributed by atoms with Gasteiger partial charge in [-0.15, -0.1) is 0 Å². The van der Waals surface area contributed by atoms with Crippen molar-refractivity contribution >= 4 is 5.91 Å². The van der Waals surface area contributed by atoms with Gasteiger partial charge in [-0.2, -0.15) is 0 Å². The van der Waals surface area contributed by atoms with E-state index in [0.717, 1.165) is 43.8 Å². The molecule has 0 aromatic heterocycles. The molecule has 1 unspecified atom stereocenters. The van der Waals surface area contributed by atoms with E-state index in [9.17, 15) is 4.79 Å². The summed E-state index contributed by atoms with van der Waals surface area (Å²) in [6.45, 7) is 2.96. The summed E-state index contributed by atoms with van der Waals surface area (Å²) in [5.41, 5.74) is 3.48. The van der Waals surface area contributed by atoms with E-state index in [1.54, 1.807) is 0 Å². The third kappa shape index (κ3) is 4.20. The fourth-order valence-electron chi connectivity index (χ4n) is 3.38. The van der Waals surface area contributed by atoms with Crippen LogP contribution in [0.5, 0.6) is 0 Å². The van der Waals surface area contributed by atoms with Crippen molar-refractivity contribution in [3.05, 3.63) is 47.0 Å². The lowest BCUT2D eigenvalue weighted by Crippen LogP contribution is -2.26. The SMILES string of the molecule is O=C(NCC1=CCCCC1)c1ccc(CC2CCNC2)cc1. The van der Waals surface area contributed by atoms with Gasteiger partial charge in [0.05, 0.1) is 0 Å². The van der Waals surface area contributed by atoms with Crippen LogP contribution in [0.2, 0.25) is 0 Å². The molecule has 3 rings (SSSR count). The lowest BCUT2D eigenvalue weighted by Gasteiger charge is -2.13. The fourth-order valence-corrected chi connectivity index (χ4v) is 3.38. The van der Waals surface area contributed by atoms with Crippen LogP contribution in [-0.4, -0.2) is 25.5 Å². The zero-order valence-electron chi connectivity index (χ0n) is 13.2. The van der Waals surface area contributed by atoms with Crippen LogP contribution >= 0.6 is 0 Å². The van der Waals surface area contributed by atoms with Crippen molar-refractivity contribution < 1.29 is 4.79 Å². The van der Waals surface area contributed by atoms with Gasteiger partial charge in [-0.1, -0.05) is 23.8 Å². The molecule has 1 aliphatic heterocycles. The Hall–Kier alpha value is -1.61. The average molecular weight is 298 g/mol. The van der Waals surface area contributed by atoms with Gasteiger partial charge in [-0.3, -0.25) is 4.79 Å². The zero-order chi connectivity index (χ0) is 15.2. The van der Waals surface area contributed by atoms with Gasteiger partial charge in [0.25, 0.3) is 5.91 Å². The third-order valence-electron chi connectivity index (χ3n) is 4.76. The largest absolute Gasteiger partial charge is 0.348 e. The van der Waals surface area contributed by atoms with E-state index in [4.69, 9.17) is 0 Å². The van der Waals surface area contributed by atoms with Crippen molar-refractivity contribution in [2.24, 2.45) is 5.92 Å². The molecule has 0 spiro atoms. The van der Waals surface area contributed by atoms with E-state index < -0.39 is 0 Å². The first-order valence-electron chi connectivity index (χ1n) is 8.57. The lowest BCUT2D eigenvalue weighted by molar-refractivity contribution is 0.0956. The zero-order valence-corrected chi connectivity index (χ0v) is 13.2. The van der Waals surface area contributed by atoms with E-state index in [0.29, 0.717) is 6.54 Å². The first-order chi connectivity index (χ1) is 10.8. The molecule has 2 N–H and O–H groups in total. The van der Waals surface area contributed by atoms with Gasteiger partial charge < -0.3 is 10.6 Å². The molecule has 1 heterocycles. The normalized spacial score (nSPS) is 21.5. The van der Waals surface area contributed by atoms with Gasteiger partial charge in [-0.05, 0) is 75.2 Å². The first kappa shape index (κ1) is 15.3. The molecule has 118 valence electrons. The summed E-state index contributed by atoms with van der Waals surface area (Å²) in [6, 6.07) is 8.13. The molecule has 1 aromatic rings. The third-order valence-corrected chi connectivity index (χ3v) is 4.76. The highest BCUT2D eigenvalue weighted by Gasteiger charge is 2.15. The summed E-state index contributed by atoms with van der Waals surface area (Å²) < 4.78 is 0. The maximum absolute atomic E-state index is 12.2. The average Bonchev–Trinajstić information content (AvgIpc) is 3.07. The van der Waals surface area contributed by atoms with Crippen molar-refractivity contribution in [2.75, 3.05) is 19.6 Å². The van der Waals surface area contributed by atoms with Gasteiger partial charge in [0.1, 0.15) is 0 Å². The van der Waals surface area contributed by atoms with Crippen LogP contribution in [0, 0.1) is 5.92 Å². The number of carbonyl (C=O) groups is 1. The summed E-state index contributed by atoms with van der Waals surface area (Å²) in [4.78, 5) is 12.2. The topological polar surface area (TPSA) is 41.1 Å². The highest BCUT2D eigenvalue weighted by Crippen LogP contribution is 2.17. The number of benzene rings is 1. The van der Waals surface area contributed by atoms with E-state index in [1.165, 1.54) is 30.4 Å². The molecular weight excluding hydrogens is 272 g/mol. The molecular formula is C19H26N2O. The number of amides is 1. The van der Waals surface area contributed by atoms with E-state index in [-0.39, 0.29) is 5.91 Å². The minimum atomic E-state index is 0.0422. The highest BCUT2D eigenvalue weighted by molar-refractivity contribution is 5.94. The Labute approximate surface area is 133 Å². The monoisotopic (exact) mass is 298 g/mol. The molecule has 22 heavy (non-hydrogen) atoms. The van der Waals surface area contributed by atoms with Gasteiger partial charge in [0.15, 0.2) is 0 Å². The Morgan fingerprint density at radius 3 is 2.77 bits per heavy atom. The smallest absolute Gasteiger partial charge is 0.251 e. The lowest BCUT2D eigenvalue weighted by atomic mass is 9.97. The molecule has 1 aromatic carbocycles. The molecule has 0 radical (unpaired) electrons. The fraction of sp³-hybridized carbons (Fsp3) is 0.526. The Morgan fingerprint density at radius 2 is 2.09 bits per heavy atom. The van der Waals surface area contributed by atoms with Crippen LogP contribution < -0.4 is 10.6 Å². The Kier molecular flexibility index (Phi) is 5.28. The molecule has 1 amide bonds. The molecule has 1 atom stereocenters. The van der Waals surface area contributed by atoms with Crippen molar-refractivity contribution in [3.63, 3.8) is 0 Å². The second-order valence-corrected chi connectivity index (χ2v) is 6.55. The van der Waals surface area contributed by atoms with Crippen LogP contribution in [-0.2, 0) is 6.42 Å². The van der Waals surface area contributed by atoms with E-state index in [2.05, 4.69) is 28.8 Å². The van der Waals surface area contributed by atoms with E-state index >= 15 is 0 Å². The van der Waals surface area contributed by atoms with Crippen LogP contribution in [0.15, 0.2) is 35.9 Å². The van der Waals surface area contributed by atoms with Crippen molar-refractivity contribution in [2.45, 2.75) is 38.5 Å². The van der Waals surface area contributed by atoms with E-state index in [1.807, 2.05) is 12.1 Å². The van der Waals surface area contributed by atoms with Crippen LogP contribution in [0.3, 0.4) is 0 Å². The molecule has 0 saturated carbocycles. The van der Waals surface area contributed by atoms with Crippen molar-refractivity contribution in [3.8, 4) is 0 Å². The number of rotatable bonds is 5. The second-order valence-electron chi connectivity index (χ2n) is 6.55. The summed E-state index contributed by atoms with van der Waals surface area (Å²) in [7, 11) is 0. The molecule has 2 aliphatic rings. The molecule has 0 bridgehead atoms. The highest BCUT2D eigenvalue weighted by atomic mass is 16.1. The molecule has 3 nitrogen and oxygen atoms in total. The maximum Gasteiger partial charge on any atom is 0.251 e. The summed E-state index contributed by atoms with van der Waals surface area (Å²) in [5.74, 6) is 0.790. The number of hydrogen-bond acceptors (Lipinski definition) is 2. The Morgan fingerprint density at radius 1 is 1.23 bits per heavy atom. The summed E-state index contributed by atoms with van der Waals surface area (Å²) >= 11 is 0. The number of allylic oxidation sites excluding steroid dienone is 1. The number of carbonyl (C=O) groups excluding carboxylic acids is 1. The quantitative estimate of drug-likeness (QED) is 0.820. The van der Waals surface area contributed by atoms with Crippen molar-refractivity contribution in [1.82, 2.24) is 10.6 Å². The standard InChI is InChI=1S/C19H26N2O/c22-19(21-14-16-4-2-1-3-5-16)18-8-6-15(7-9-18)12-17-10-11-20-13-17/h4,6-9,17,20H,1-3,5,10-14H2,(H,21,22). The summed E-state index contributed by atoms with van der Waals surface area (Å²) in [6.07, 6.45) is 9.49. The second kappa shape index (κ2) is 7.59.